The van der Waals surface area contributed by atoms with Crippen molar-refractivity contribution in [3.05, 3.63) is 101 Å². The summed E-state index contributed by atoms with van der Waals surface area (Å²) in [5, 5.41) is 24.4. The fourth-order valence-electron chi connectivity index (χ4n) is 7.27. The van der Waals surface area contributed by atoms with Gasteiger partial charge in [0, 0.05) is 30.2 Å². The molecule has 342 valence electrons. The van der Waals surface area contributed by atoms with E-state index in [9.17, 15) is 33.9 Å². The highest BCUT2D eigenvalue weighted by Crippen LogP contribution is 2.30. The van der Waals surface area contributed by atoms with Gasteiger partial charge in [-0.1, -0.05) is 74.5 Å². The molecule has 16 nitrogen and oxygen atoms in total. The average Bonchev–Trinajstić information content (AvgIpc) is 3.59. The van der Waals surface area contributed by atoms with E-state index >= 15 is 0 Å². The number of hydrogen-bond donors (Lipinski definition) is 7. The number of carbonyl (C=O) groups excluding carboxylic acids is 5. The summed E-state index contributed by atoms with van der Waals surface area (Å²) in [6, 6.07) is 19.8. The van der Waals surface area contributed by atoms with Crippen LogP contribution in [0.4, 0.5) is 4.79 Å². The Balaban J connectivity index is 1.25. The van der Waals surface area contributed by atoms with Crippen LogP contribution in [0.5, 0.6) is 5.75 Å². The Bertz CT molecular complexity index is 2330. The Hall–Kier alpha value is -6.71. The zero-order valence-electron chi connectivity index (χ0n) is 37.8. The van der Waals surface area contributed by atoms with E-state index in [-0.39, 0.29) is 25.2 Å². The number of ether oxygens (including phenoxy) is 2. The SMILES string of the molecule is CC(C)CC(NC(=O)C(Cc1ccccc1)NC(=O)CNC(=O)CNC(=O)C(Cc1ccc(OC(C)(C)C)cc1)NC(=O)OC(C)(C)C)C1=NC(C(=O)O)Cc2c1[nH]c1ccccc21. The number of aromatic amines is 1. The third-order valence-electron chi connectivity index (χ3n) is 10.00. The van der Waals surface area contributed by atoms with Crippen LogP contribution in [-0.2, 0) is 48.0 Å². The summed E-state index contributed by atoms with van der Waals surface area (Å²) in [6.45, 7) is 13.8. The standard InChI is InChI=1S/C48H61N7O9/c1-28(2)22-35(42-41-33(25-38(53-42)45(60)61)32-16-12-13-17-34(32)52-41)54-44(59)37(23-29-14-10-9-11-15-29)51-40(57)27-49-39(56)26-50-43(58)36(55-46(62)64-48(6,7)8)24-30-18-20-31(21-19-30)63-47(3,4)5/h9-21,28,35-38,52H,22-27H2,1-8H3,(H,49,56)(H,50,58)(H,51,57)(H,54,59)(H,55,62)(H,60,61). The smallest absolute Gasteiger partial charge is 0.408 e. The first-order valence-electron chi connectivity index (χ1n) is 21.5. The molecule has 0 spiro atoms. The third kappa shape index (κ3) is 14.4. The minimum absolute atomic E-state index is 0.0623. The van der Waals surface area contributed by atoms with Gasteiger partial charge in [-0.2, -0.15) is 0 Å². The zero-order chi connectivity index (χ0) is 46.8. The van der Waals surface area contributed by atoms with Gasteiger partial charge in [-0.05, 0) is 88.8 Å². The first-order chi connectivity index (χ1) is 30.1. The lowest BCUT2D eigenvalue weighted by atomic mass is 9.90. The zero-order valence-corrected chi connectivity index (χ0v) is 37.8. The van der Waals surface area contributed by atoms with E-state index in [0.29, 0.717) is 29.1 Å². The lowest BCUT2D eigenvalue weighted by Crippen LogP contribution is -2.55. The van der Waals surface area contributed by atoms with Crippen LogP contribution in [0.25, 0.3) is 10.9 Å². The third-order valence-corrected chi connectivity index (χ3v) is 10.00. The van der Waals surface area contributed by atoms with Gasteiger partial charge in [0.15, 0.2) is 6.04 Å². The van der Waals surface area contributed by atoms with Crippen molar-refractivity contribution in [2.24, 2.45) is 10.9 Å². The van der Waals surface area contributed by atoms with Gasteiger partial charge < -0.3 is 46.1 Å². The molecule has 1 aromatic heterocycles. The molecule has 5 amide bonds. The molecule has 0 aliphatic carbocycles. The van der Waals surface area contributed by atoms with Crippen LogP contribution in [0.2, 0.25) is 0 Å². The molecule has 5 rings (SSSR count). The molecule has 0 bridgehead atoms. The maximum Gasteiger partial charge on any atom is 0.408 e. The summed E-state index contributed by atoms with van der Waals surface area (Å²) >= 11 is 0. The van der Waals surface area contributed by atoms with Crippen molar-refractivity contribution in [1.82, 2.24) is 31.6 Å². The van der Waals surface area contributed by atoms with Crippen LogP contribution in [0.3, 0.4) is 0 Å². The van der Waals surface area contributed by atoms with Crippen LogP contribution >= 0.6 is 0 Å². The van der Waals surface area contributed by atoms with E-state index in [0.717, 1.165) is 22.0 Å². The maximum absolute atomic E-state index is 14.3. The minimum Gasteiger partial charge on any atom is -0.488 e. The number of aliphatic carboxylic acids is 1. The molecule has 64 heavy (non-hydrogen) atoms. The van der Waals surface area contributed by atoms with E-state index < -0.39 is 84.2 Å². The largest absolute Gasteiger partial charge is 0.488 e. The van der Waals surface area contributed by atoms with Gasteiger partial charge in [0.1, 0.15) is 29.0 Å². The van der Waals surface area contributed by atoms with Gasteiger partial charge in [-0.25, -0.2) is 9.59 Å². The number of nitrogens with one attached hydrogen (secondary N) is 6. The highest BCUT2D eigenvalue weighted by Gasteiger charge is 2.35. The molecular formula is C48H61N7O9. The number of rotatable bonds is 18. The van der Waals surface area contributed by atoms with Crippen molar-refractivity contribution in [3.63, 3.8) is 0 Å². The van der Waals surface area contributed by atoms with Crippen molar-refractivity contribution in [2.75, 3.05) is 13.1 Å². The Labute approximate surface area is 373 Å². The monoisotopic (exact) mass is 879 g/mol. The molecule has 4 unspecified atom stereocenters. The van der Waals surface area contributed by atoms with Gasteiger partial charge >= 0.3 is 12.1 Å². The van der Waals surface area contributed by atoms with Crippen molar-refractivity contribution in [1.29, 1.82) is 0 Å². The summed E-state index contributed by atoms with van der Waals surface area (Å²) in [4.78, 5) is 87.2. The molecule has 1 aliphatic rings. The molecule has 4 atom stereocenters. The van der Waals surface area contributed by atoms with E-state index in [1.165, 1.54) is 0 Å². The van der Waals surface area contributed by atoms with Crippen LogP contribution < -0.4 is 31.3 Å². The Morgan fingerprint density at radius 1 is 0.734 bits per heavy atom. The van der Waals surface area contributed by atoms with Gasteiger partial charge in [0.05, 0.1) is 30.5 Å². The number of carboxylic acids is 1. The number of amides is 5. The molecule has 16 heteroatoms. The molecule has 7 N–H and O–H groups in total. The Morgan fingerprint density at radius 2 is 1.34 bits per heavy atom. The molecule has 2 heterocycles. The highest BCUT2D eigenvalue weighted by molar-refractivity contribution is 6.11. The van der Waals surface area contributed by atoms with Crippen molar-refractivity contribution >= 4 is 52.3 Å². The second-order valence-corrected chi connectivity index (χ2v) is 18.4. The molecule has 0 fully saturated rings. The lowest BCUT2D eigenvalue weighted by molar-refractivity contribution is -0.138. The van der Waals surface area contributed by atoms with Crippen LogP contribution in [0.15, 0.2) is 83.9 Å². The first-order valence-corrected chi connectivity index (χ1v) is 21.5. The van der Waals surface area contributed by atoms with E-state index in [2.05, 4.69) is 36.6 Å². The predicted octanol–water partition coefficient (Wildman–Crippen LogP) is 4.77. The summed E-state index contributed by atoms with van der Waals surface area (Å²) in [7, 11) is 0. The Morgan fingerprint density at radius 3 is 1.97 bits per heavy atom. The molecule has 0 saturated carbocycles. The van der Waals surface area contributed by atoms with E-state index in [4.69, 9.17) is 9.47 Å². The number of hydrogen-bond acceptors (Lipinski definition) is 9. The van der Waals surface area contributed by atoms with Crippen LogP contribution in [-0.4, -0.2) is 100.0 Å². The summed E-state index contributed by atoms with van der Waals surface area (Å²) < 4.78 is 11.3. The molecule has 1 aliphatic heterocycles. The number of aromatic nitrogens is 1. The minimum atomic E-state index is -1.12. The van der Waals surface area contributed by atoms with Crippen molar-refractivity contribution < 1.29 is 43.3 Å². The maximum atomic E-state index is 14.3. The number of carbonyl (C=O) groups is 6. The topological polar surface area (TPSA) is 229 Å². The summed E-state index contributed by atoms with van der Waals surface area (Å²) in [5.41, 5.74) is 2.94. The number of benzene rings is 3. The molecule has 0 saturated heterocycles. The Kier molecular flexibility index (Phi) is 15.9. The van der Waals surface area contributed by atoms with Crippen LogP contribution in [0.1, 0.15) is 84.2 Å². The number of nitrogens with zero attached hydrogens (tertiary/aromatic N) is 1. The van der Waals surface area contributed by atoms with Crippen molar-refractivity contribution in [2.45, 2.75) is 116 Å². The van der Waals surface area contributed by atoms with Gasteiger partial charge in [-0.15, -0.1) is 0 Å². The number of aliphatic imine (C=N–C) groups is 1. The molecule has 4 aromatic rings. The fraction of sp³-hybridized carbons (Fsp3) is 0.438. The molecule has 0 radical (unpaired) electrons. The van der Waals surface area contributed by atoms with E-state index in [1.807, 2.05) is 89.2 Å². The number of carboxylic acid groups (broad SMARTS) is 1. The number of para-hydroxylation sites is 1. The molecular weight excluding hydrogens is 819 g/mol. The van der Waals surface area contributed by atoms with Gasteiger partial charge in [0.25, 0.3) is 0 Å². The lowest BCUT2D eigenvalue weighted by Gasteiger charge is -2.29. The van der Waals surface area contributed by atoms with E-state index in [1.54, 1.807) is 45.0 Å². The van der Waals surface area contributed by atoms with Crippen LogP contribution in [0, 0.1) is 5.92 Å². The van der Waals surface area contributed by atoms with Crippen molar-refractivity contribution in [3.8, 4) is 5.75 Å². The van der Waals surface area contributed by atoms with Gasteiger partial charge in [-0.3, -0.25) is 24.2 Å². The predicted molar refractivity (Wildman–Crippen MR) is 243 cm³/mol. The summed E-state index contributed by atoms with van der Waals surface area (Å²) in [5.74, 6) is -2.93. The second-order valence-electron chi connectivity index (χ2n) is 18.4. The number of alkyl carbamates (subject to hydrolysis) is 1. The highest BCUT2D eigenvalue weighted by atomic mass is 16.6. The number of fused-ring (bicyclic) bond motifs is 3. The summed E-state index contributed by atoms with van der Waals surface area (Å²) in [6.07, 6.45) is -0.0209. The normalized spacial score (nSPS) is 15.1. The van der Waals surface area contributed by atoms with Gasteiger partial charge in [0.2, 0.25) is 23.6 Å². The second kappa shape index (κ2) is 21.1. The fourth-order valence-corrected chi connectivity index (χ4v) is 7.27. The number of H-pyrrole nitrogens is 1. The average molecular weight is 880 g/mol. The molecule has 3 aromatic carbocycles. The quantitative estimate of drug-likeness (QED) is 0.0729. The first kappa shape index (κ1) is 48.3.